The molecule has 0 aliphatic heterocycles. The van der Waals surface area contributed by atoms with Crippen molar-refractivity contribution in [3.63, 3.8) is 0 Å². The predicted molar refractivity (Wildman–Crippen MR) is 115 cm³/mol. The molecule has 0 radical (unpaired) electrons. The molecule has 2 amide bonds. The van der Waals surface area contributed by atoms with E-state index in [9.17, 15) is 9.59 Å². The second-order valence-electron chi connectivity index (χ2n) is 6.41. The topological polar surface area (TPSA) is 97.6 Å². The van der Waals surface area contributed by atoms with Crippen LogP contribution in [0.2, 0.25) is 0 Å². The molecule has 30 heavy (non-hydrogen) atoms. The molecular formula is C21H19N5O3S. The molecule has 152 valence electrons. The zero-order valence-electron chi connectivity index (χ0n) is 16.2. The molecule has 0 aliphatic carbocycles. The van der Waals surface area contributed by atoms with E-state index in [1.54, 1.807) is 35.9 Å². The molecule has 0 bridgehead atoms. The maximum absolute atomic E-state index is 12.0. The first kappa shape index (κ1) is 19.6. The van der Waals surface area contributed by atoms with E-state index in [0.717, 1.165) is 22.0 Å². The van der Waals surface area contributed by atoms with Crippen LogP contribution in [0.5, 0.6) is 5.75 Å². The quantitative estimate of drug-likeness (QED) is 0.467. The maximum atomic E-state index is 12.0. The average Bonchev–Trinajstić information content (AvgIpc) is 3.36. The van der Waals surface area contributed by atoms with Crippen LogP contribution in [0.15, 0.2) is 60.0 Å². The van der Waals surface area contributed by atoms with Crippen molar-refractivity contribution in [2.45, 2.75) is 6.42 Å². The Bertz CT molecular complexity index is 1170. The van der Waals surface area contributed by atoms with Crippen molar-refractivity contribution >= 4 is 33.8 Å². The van der Waals surface area contributed by atoms with E-state index < -0.39 is 11.8 Å². The molecule has 8 nitrogen and oxygen atoms in total. The molecule has 9 heteroatoms. The summed E-state index contributed by atoms with van der Waals surface area (Å²) in [6, 6.07) is 16.4. The number of fused-ring (bicyclic) bond motifs is 1. The lowest BCUT2D eigenvalue weighted by molar-refractivity contribution is -0.136. The van der Waals surface area contributed by atoms with Crippen molar-refractivity contribution in [3.8, 4) is 17.1 Å². The third kappa shape index (κ3) is 4.31. The first-order chi connectivity index (χ1) is 14.6. The van der Waals surface area contributed by atoms with Crippen molar-refractivity contribution < 1.29 is 14.3 Å². The third-order valence-electron chi connectivity index (χ3n) is 4.40. The van der Waals surface area contributed by atoms with Crippen LogP contribution < -0.4 is 15.4 Å². The molecule has 0 spiro atoms. The number of hydrogen-bond donors (Lipinski definition) is 2. The van der Waals surface area contributed by atoms with Crippen LogP contribution in [-0.2, 0) is 16.0 Å². The van der Waals surface area contributed by atoms with E-state index in [1.807, 2.05) is 35.7 Å². The summed E-state index contributed by atoms with van der Waals surface area (Å²) in [4.78, 5) is 29.3. The van der Waals surface area contributed by atoms with Gasteiger partial charge in [0.05, 0.1) is 12.8 Å². The highest BCUT2D eigenvalue weighted by atomic mass is 32.1. The summed E-state index contributed by atoms with van der Waals surface area (Å²) in [5.41, 5.74) is 2.38. The normalized spacial score (nSPS) is 10.7. The van der Waals surface area contributed by atoms with Crippen LogP contribution in [-0.4, -0.2) is 40.1 Å². The minimum atomic E-state index is -0.695. The van der Waals surface area contributed by atoms with Gasteiger partial charge in [0.15, 0.2) is 5.82 Å². The van der Waals surface area contributed by atoms with Gasteiger partial charge in [0.2, 0.25) is 4.96 Å². The van der Waals surface area contributed by atoms with Gasteiger partial charge in [0, 0.05) is 29.6 Å². The molecule has 2 aromatic carbocycles. The number of aromatic nitrogens is 3. The summed E-state index contributed by atoms with van der Waals surface area (Å²) >= 11 is 1.48. The van der Waals surface area contributed by atoms with Crippen molar-refractivity contribution in [3.05, 3.63) is 65.7 Å². The van der Waals surface area contributed by atoms with Gasteiger partial charge < -0.3 is 15.4 Å². The summed E-state index contributed by atoms with van der Waals surface area (Å²) in [7, 11) is 1.62. The van der Waals surface area contributed by atoms with Crippen molar-refractivity contribution in [1.82, 2.24) is 19.9 Å². The van der Waals surface area contributed by atoms with Gasteiger partial charge in [-0.1, -0.05) is 18.2 Å². The number of nitrogens with one attached hydrogen (secondary N) is 2. The molecule has 0 atom stereocenters. The predicted octanol–water partition coefficient (Wildman–Crippen LogP) is 2.76. The number of nitrogens with zero attached hydrogens (tertiary/aromatic N) is 3. The first-order valence-electron chi connectivity index (χ1n) is 9.26. The van der Waals surface area contributed by atoms with Gasteiger partial charge in [0.1, 0.15) is 5.75 Å². The Morgan fingerprint density at radius 2 is 1.83 bits per heavy atom. The van der Waals surface area contributed by atoms with Crippen LogP contribution in [0.4, 0.5) is 5.69 Å². The maximum Gasteiger partial charge on any atom is 0.313 e. The number of thiazole rings is 1. The van der Waals surface area contributed by atoms with Gasteiger partial charge in [-0.25, -0.2) is 4.52 Å². The van der Waals surface area contributed by atoms with Crippen LogP contribution >= 0.6 is 11.3 Å². The molecule has 0 fully saturated rings. The van der Waals surface area contributed by atoms with E-state index in [2.05, 4.69) is 20.7 Å². The van der Waals surface area contributed by atoms with Crippen LogP contribution in [0, 0.1) is 0 Å². The van der Waals surface area contributed by atoms with E-state index in [0.29, 0.717) is 24.5 Å². The number of hydrogen-bond acceptors (Lipinski definition) is 6. The van der Waals surface area contributed by atoms with Gasteiger partial charge >= 0.3 is 11.8 Å². The largest absolute Gasteiger partial charge is 0.497 e. The Kier molecular flexibility index (Phi) is 5.71. The molecule has 0 saturated carbocycles. The molecule has 4 aromatic rings. The summed E-state index contributed by atoms with van der Waals surface area (Å²) in [6.45, 7) is 0.310. The second-order valence-corrected chi connectivity index (χ2v) is 7.25. The molecule has 0 unspecified atom stereocenters. The van der Waals surface area contributed by atoms with Crippen molar-refractivity contribution in [2.75, 3.05) is 19.0 Å². The fourth-order valence-corrected chi connectivity index (χ4v) is 3.71. The van der Waals surface area contributed by atoms with Crippen LogP contribution in [0.1, 0.15) is 5.69 Å². The monoisotopic (exact) mass is 421 g/mol. The van der Waals surface area contributed by atoms with Gasteiger partial charge in [-0.2, -0.15) is 4.98 Å². The molecule has 4 rings (SSSR count). The van der Waals surface area contributed by atoms with E-state index in [-0.39, 0.29) is 0 Å². The summed E-state index contributed by atoms with van der Waals surface area (Å²) < 4.78 is 6.94. The van der Waals surface area contributed by atoms with Crippen LogP contribution in [0.3, 0.4) is 0 Å². The average molecular weight is 421 g/mol. The van der Waals surface area contributed by atoms with E-state index in [4.69, 9.17) is 4.74 Å². The minimum absolute atomic E-state index is 0.310. The smallest absolute Gasteiger partial charge is 0.313 e. The Labute approximate surface area is 176 Å². The minimum Gasteiger partial charge on any atom is -0.497 e. The number of carbonyl (C=O) groups excluding carboxylic acids is 2. The fraction of sp³-hybridized carbons (Fsp3) is 0.143. The number of amides is 2. The fourth-order valence-electron chi connectivity index (χ4n) is 2.85. The summed E-state index contributed by atoms with van der Waals surface area (Å²) in [6.07, 6.45) is 0.524. The summed E-state index contributed by atoms with van der Waals surface area (Å²) in [5.74, 6) is 0.0200. The van der Waals surface area contributed by atoms with Gasteiger partial charge in [-0.3, -0.25) is 9.59 Å². The molecule has 0 saturated heterocycles. The third-order valence-corrected chi connectivity index (χ3v) is 5.27. The van der Waals surface area contributed by atoms with Gasteiger partial charge in [0.25, 0.3) is 0 Å². The van der Waals surface area contributed by atoms with Crippen molar-refractivity contribution in [1.29, 1.82) is 0 Å². The zero-order chi connectivity index (χ0) is 20.9. The molecule has 2 aromatic heterocycles. The van der Waals surface area contributed by atoms with Crippen LogP contribution in [0.25, 0.3) is 16.3 Å². The van der Waals surface area contributed by atoms with E-state index in [1.165, 1.54) is 11.3 Å². The molecule has 2 N–H and O–H groups in total. The number of methoxy groups -OCH3 is 1. The zero-order valence-corrected chi connectivity index (χ0v) is 17.0. The number of benzene rings is 2. The Balaban J connectivity index is 1.36. The lowest BCUT2D eigenvalue weighted by Gasteiger charge is -2.06. The number of ether oxygens (including phenoxy) is 1. The van der Waals surface area contributed by atoms with Gasteiger partial charge in [-0.05, 0) is 36.4 Å². The standard InChI is InChI=1S/C21H19N5O3S/c1-29-17-9-7-14(8-10-17)18-24-21-26(25-18)16(13-30-21)11-12-22-19(27)20(28)23-15-5-3-2-4-6-15/h2-10,13H,11-12H2,1H3,(H,22,27)(H,23,28). The lowest BCUT2D eigenvalue weighted by atomic mass is 10.2. The highest BCUT2D eigenvalue weighted by molar-refractivity contribution is 7.15. The van der Waals surface area contributed by atoms with Gasteiger partial charge in [-0.15, -0.1) is 16.4 Å². The first-order valence-corrected chi connectivity index (χ1v) is 10.1. The van der Waals surface area contributed by atoms with E-state index >= 15 is 0 Å². The molecule has 2 heterocycles. The number of para-hydroxylation sites is 1. The second kappa shape index (κ2) is 8.75. The molecule has 0 aliphatic rings. The Morgan fingerprint density at radius 3 is 2.57 bits per heavy atom. The highest BCUT2D eigenvalue weighted by Crippen LogP contribution is 2.23. The highest BCUT2D eigenvalue weighted by Gasteiger charge is 2.15. The number of carbonyl (C=O) groups is 2. The summed E-state index contributed by atoms with van der Waals surface area (Å²) in [5, 5.41) is 11.7. The van der Waals surface area contributed by atoms with Crippen molar-refractivity contribution in [2.24, 2.45) is 0 Å². The molecular weight excluding hydrogens is 402 g/mol. The Hall–Kier alpha value is -3.72. The Morgan fingerprint density at radius 1 is 1.07 bits per heavy atom. The SMILES string of the molecule is COc1ccc(-c2nc3scc(CCNC(=O)C(=O)Nc4ccccc4)n3n2)cc1. The lowest BCUT2D eigenvalue weighted by Crippen LogP contribution is -2.36. The number of rotatable bonds is 6. The number of anilines is 1.